The maximum absolute atomic E-state index is 5.41. The molecule has 2 aromatic rings. The maximum atomic E-state index is 5.41. The number of hydrogen-bond acceptors (Lipinski definition) is 5. The molecule has 1 aromatic heterocycles. The monoisotopic (exact) mass is 310 g/mol. The third kappa shape index (κ3) is 2.88. The predicted molar refractivity (Wildman–Crippen MR) is 90.9 cm³/mol. The largest absolute Gasteiger partial charge is 0.378 e. The Kier molecular flexibility index (Phi) is 3.87. The smallest absolute Gasteiger partial charge is 0.225 e. The third-order valence-electron chi connectivity index (χ3n) is 4.68. The lowest BCUT2D eigenvalue weighted by Crippen LogP contribution is -2.37. The molecule has 3 heterocycles. The summed E-state index contributed by atoms with van der Waals surface area (Å²) < 4.78 is 5.41. The van der Waals surface area contributed by atoms with Gasteiger partial charge in [-0.1, -0.05) is 18.2 Å². The van der Waals surface area contributed by atoms with Crippen molar-refractivity contribution in [3.8, 4) is 0 Å². The molecule has 0 N–H and O–H groups in total. The first-order chi connectivity index (χ1) is 11.3. The first-order valence-corrected chi connectivity index (χ1v) is 8.30. The zero-order chi connectivity index (χ0) is 15.6. The van der Waals surface area contributed by atoms with Gasteiger partial charge in [0.25, 0.3) is 0 Å². The summed E-state index contributed by atoms with van der Waals surface area (Å²) in [5, 5.41) is 0. The molecule has 0 spiro atoms. The number of morpholine rings is 1. The number of para-hydroxylation sites is 1. The van der Waals surface area contributed by atoms with Crippen molar-refractivity contribution in [1.29, 1.82) is 0 Å². The fourth-order valence-electron chi connectivity index (χ4n) is 3.43. The maximum Gasteiger partial charge on any atom is 0.225 e. The minimum atomic E-state index is 0.509. The zero-order valence-corrected chi connectivity index (χ0v) is 13.5. The molecule has 0 saturated carbocycles. The van der Waals surface area contributed by atoms with Gasteiger partial charge in [0.2, 0.25) is 5.95 Å². The summed E-state index contributed by atoms with van der Waals surface area (Å²) in [6, 6.07) is 11.2. The van der Waals surface area contributed by atoms with E-state index in [2.05, 4.69) is 46.0 Å². The molecular formula is C18H22N4O. The Morgan fingerprint density at radius 3 is 2.87 bits per heavy atom. The Morgan fingerprint density at radius 1 is 1.17 bits per heavy atom. The number of nitrogens with zero attached hydrogens (tertiary/aromatic N) is 4. The van der Waals surface area contributed by atoms with Crippen molar-refractivity contribution in [3.05, 3.63) is 47.8 Å². The van der Waals surface area contributed by atoms with Crippen LogP contribution in [0.2, 0.25) is 0 Å². The molecule has 1 atom stereocenters. The Hall–Kier alpha value is -2.14. The van der Waals surface area contributed by atoms with E-state index in [9.17, 15) is 0 Å². The number of benzene rings is 1. The number of ether oxygens (including phenoxy) is 1. The molecule has 23 heavy (non-hydrogen) atoms. The van der Waals surface area contributed by atoms with Gasteiger partial charge in [-0.25, -0.2) is 9.97 Å². The topological polar surface area (TPSA) is 41.5 Å². The average Bonchev–Trinajstić information content (AvgIpc) is 2.92. The summed E-state index contributed by atoms with van der Waals surface area (Å²) >= 11 is 0. The highest BCUT2D eigenvalue weighted by Gasteiger charge is 2.26. The molecule has 0 bridgehead atoms. The summed E-state index contributed by atoms with van der Waals surface area (Å²) in [6.07, 6.45) is 2.98. The lowest BCUT2D eigenvalue weighted by Gasteiger charge is -2.28. The quantitative estimate of drug-likeness (QED) is 0.870. The zero-order valence-electron chi connectivity index (χ0n) is 13.5. The van der Waals surface area contributed by atoms with Gasteiger partial charge in [0.15, 0.2) is 0 Å². The highest BCUT2D eigenvalue weighted by molar-refractivity contribution is 5.59. The van der Waals surface area contributed by atoms with Gasteiger partial charge in [0.1, 0.15) is 0 Å². The van der Waals surface area contributed by atoms with Crippen LogP contribution in [0.3, 0.4) is 0 Å². The first-order valence-electron chi connectivity index (χ1n) is 8.30. The van der Waals surface area contributed by atoms with E-state index >= 15 is 0 Å². The molecule has 5 nitrogen and oxygen atoms in total. The summed E-state index contributed by atoms with van der Waals surface area (Å²) in [6.45, 7) is 6.36. The van der Waals surface area contributed by atoms with Crippen molar-refractivity contribution >= 4 is 11.6 Å². The summed E-state index contributed by atoms with van der Waals surface area (Å²) in [5.41, 5.74) is 3.85. The Balaban J connectivity index is 1.55. The molecule has 0 aliphatic carbocycles. The average molecular weight is 310 g/mol. The number of hydrogen-bond donors (Lipinski definition) is 0. The van der Waals surface area contributed by atoms with Gasteiger partial charge in [0, 0.05) is 31.0 Å². The summed E-state index contributed by atoms with van der Waals surface area (Å²) in [4.78, 5) is 13.9. The fraction of sp³-hybridized carbons (Fsp3) is 0.444. The van der Waals surface area contributed by atoms with Gasteiger partial charge < -0.3 is 14.5 Å². The van der Waals surface area contributed by atoms with Crippen molar-refractivity contribution in [1.82, 2.24) is 9.97 Å². The van der Waals surface area contributed by atoms with E-state index in [4.69, 9.17) is 9.72 Å². The van der Waals surface area contributed by atoms with E-state index in [0.29, 0.717) is 6.04 Å². The Labute approximate surface area is 136 Å². The number of aromatic nitrogens is 2. The molecule has 4 rings (SSSR count). The van der Waals surface area contributed by atoms with Crippen LogP contribution in [-0.2, 0) is 17.7 Å². The molecule has 2 aliphatic heterocycles. The highest BCUT2D eigenvalue weighted by Crippen LogP contribution is 2.32. The van der Waals surface area contributed by atoms with E-state index in [-0.39, 0.29) is 0 Å². The van der Waals surface area contributed by atoms with Gasteiger partial charge in [-0.05, 0) is 31.0 Å². The molecule has 1 aromatic carbocycles. The van der Waals surface area contributed by atoms with Gasteiger partial charge in [0.05, 0.1) is 25.5 Å². The lowest BCUT2D eigenvalue weighted by molar-refractivity contribution is 0.122. The van der Waals surface area contributed by atoms with Crippen LogP contribution in [-0.4, -0.2) is 42.3 Å². The number of rotatable bonds is 3. The van der Waals surface area contributed by atoms with Gasteiger partial charge in [-0.3, -0.25) is 0 Å². The minimum Gasteiger partial charge on any atom is -0.378 e. The van der Waals surface area contributed by atoms with Crippen LogP contribution in [0.1, 0.15) is 18.2 Å². The van der Waals surface area contributed by atoms with Crippen molar-refractivity contribution in [2.75, 3.05) is 36.1 Å². The normalized spacial score (nSPS) is 20.7. The summed E-state index contributed by atoms with van der Waals surface area (Å²) in [5.74, 6) is 0.825. The molecule has 2 aliphatic rings. The second kappa shape index (κ2) is 6.16. The minimum absolute atomic E-state index is 0.509. The van der Waals surface area contributed by atoms with Crippen LogP contribution >= 0.6 is 0 Å². The predicted octanol–water partition coefficient (Wildman–Crippen LogP) is 2.26. The second-order valence-electron chi connectivity index (χ2n) is 6.26. The van der Waals surface area contributed by atoms with Crippen LogP contribution in [0.15, 0.2) is 36.5 Å². The fourth-order valence-corrected chi connectivity index (χ4v) is 3.43. The second-order valence-corrected chi connectivity index (χ2v) is 6.26. The van der Waals surface area contributed by atoms with E-state index in [1.54, 1.807) is 0 Å². The molecule has 120 valence electrons. The van der Waals surface area contributed by atoms with Crippen molar-refractivity contribution < 1.29 is 4.74 Å². The van der Waals surface area contributed by atoms with Crippen LogP contribution in [0, 0.1) is 0 Å². The van der Waals surface area contributed by atoms with Crippen LogP contribution in [0.25, 0.3) is 0 Å². The molecule has 0 unspecified atom stereocenters. The van der Waals surface area contributed by atoms with Crippen LogP contribution in [0.5, 0.6) is 0 Å². The number of anilines is 2. The van der Waals surface area contributed by atoms with E-state index in [1.165, 1.54) is 11.3 Å². The first kappa shape index (κ1) is 14.5. The standard InChI is InChI=1S/C18H22N4O/c1-14-12-15-4-2-3-5-17(15)22(14)13-16-6-7-19-18(20-16)21-8-10-23-11-9-21/h2-7,14H,8-13H2,1H3/t14-/m1/s1. The van der Waals surface area contributed by atoms with Crippen molar-refractivity contribution in [2.45, 2.75) is 25.9 Å². The SMILES string of the molecule is C[C@@H]1Cc2ccccc2N1Cc1ccnc(N2CCOCC2)n1. The van der Waals surface area contributed by atoms with Crippen molar-refractivity contribution in [3.63, 3.8) is 0 Å². The molecule has 0 amide bonds. The van der Waals surface area contributed by atoms with Crippen LogP contribution < -0.4 is 9.80 Å². The summed E-state index contributed by atoms with van der Waals surface area (Å²) in [7, 11) is 0. The molecule has 5 heteroatoms. The molecule has 1 fully saturated rings. The Morgan fingerprint density at radius 2 is 2.00 bits per heavy atom. The van der Waals surface area contributed by atoms with Gasteiger partial charge >= 0.3 is 0 Å². The number of fused-ring (bicyclic) bond motifs is 1. The van der Waals surface area contributed by atoms with Crippen molar-refractivity contribution in [2.24, 2.45) is 0 Å². The van der Waals surface area contributed by atoms with Gasteiger partial charge in [-0.15, -0.1) is 0 Å². The molecule has 0 radical (unpaired) electrons. The van der Waals surface area contributed by atoms with E-state index in [1.807, 2.05) is 12.3 Å². The molecule has 1 saturated heterocycles. The lowest BCUT2D eigenvalue weighted by atomic mass is 10.1. The Bertz CT molecular complexity index is 684. The van der Waals surface area contributed by atoms with E-state index < -0.39 is 0 Å². The van der Waals surface area contributed by atoms with Gasteiger partial charge in [-0.2, -0.15) is 0 Å². The molecular weight excluding hydrogens is 288 g/mol. The van der Waals surface area contributed by atoms with E-state index in [0.717, 1.165) is 50.9 Å². The van der Waals surface area contributed by atoms with Crippen LogP contribution in [0.4, 0.5) is 11.6 Å². The third-order valence-corrected chi connectivity index (χ3v) is 4.68. The highest BCUT2D eigenvalue weighted by atomic mass is 16.5.